The fourth-order valence-electron chi connectivity index (χ4n) is 4.00. The van der Waals surface area contributed by atoms with Crippen LogP contribution in [0.4, 0.5) is 0 Å². The number of hydrogen-bond donors (Lipinski definition) is 3. The predicted octanol–water partition coefficient (Wildman–Crippen LogP) is 5.68. The smallest absolute Gasteiger partial charge is 0.131 e. The molecule has 3 rings (SSSR count). The number of aryl methyl sites for hydroxylation is 2. The largest absolute Gasteiger partial charge is 0.392 e. The van der Waals surface area contributed by atoms with Crippen molar-refractivity contribution in [3.8, 4) is 0 Å². The molecule has 34 heavy (non-hydrogen) atoms. The van der Waals surface area contributed by atoms with Crippen molar-refractivity contribution in [1.82, 2.24) is 20.4 Å². The predicted molar refractivity (Wildman–Crippen MR) is 143 cm³/mol. The molecule has 0 fully saturated rings. The maximum atomic E-state index is 8.42. The van der Waals surface area contributed by atoms with Gasteiger partial charge in [-0.15, -0.1) is 0 Å². The number of nitrogens with one attached hydrogen (secondary N) is 3. The number of amidine groups is 1. The van der Waals surface area contributed by atoms with Crippen LogP contribution in [0.1, 0.15) is 63.1 Å². The molecule has 0 atom stereocenters. The summed E-state index contributed by atoms with van der Waals surface area (Å²) in [6.07, 6.45) is 7.18. The van der Waals surface area contributed by atoms with E-state index in [1.807, 2.05) is 43.9 Å². The number of benzene rings is 1. The number of fused-ring (bicyclic) bond motifs is 1. The normalized spacial score (nSPS) is 17.0. The molecule has 0 saturated heterocycles. The number of rotatable bonds is 7. The van der Waals surface area contributed by atoms with Crippen molar-refractivity contribution in [3.63, 3.8) is 0 Å². The number of hydrogen-bond acceptors (Lipinski definition) is 4. The van der Waals surface area contributed by atoms with E-state index in [1.54, 1.807) is 6.08 Å². The Balaban J connectivity index is 2.13. The van der Waals surface area contributed by atoms with E-state index in [1.165, 1.54) is 5.57 Å². The Morgan fingerprint density at radius 1 is 1.26 bits per heavy atom. The van der Waals surface area contributed by atoms with Gasteiger partial charge in [-0.2, -0.15) is 5.10 Å². The molecule has 0 aliphatic heterocycles. The molecule has 1 aromatic carbocycles. The van der Waals surface area contributed by atoms with Crippen LogP contribution in [0.25, 0.3) is 0 Å². The topological polar surface area (TPSA) is 78.1 Å². The quantitative estimate of drug-likeness (QED) is 0.354. The maximum absolute atomic E-state index is 8.42. The zero-order valence-corrected chi connectivity index (χ0v) is 21.8. The summed E-state index contributed by atoms with van der Waals surface area (Å²) in [6.45, 7) is 8.15. The van der Waals surface area contributed by atoms with Crippen LogP contribution in [0.2, 0.25) is 5.02 Å². The molecule has 1 aliphatic rings. The van der Waals surface area contributed by atoms with E-state index < -0.39 is 0 Å². The van der Waals surface area contributed by atoms with Crippen LogP contribution in [0.5, 0.6) is 0 Å². The van der Waals surface area contributed by atoms with Crippen LogP contribution in [-0.4, -0.2) is 28.4 Å². The summed E-state index contributed by atoms with van der Waals surface area (Å²) >= 11 is 6.50. The van der Waals surface area contributed by atoms with E-state index in [-0.39, 0.29) is 0 Å². The number of allylic oxidation sites excluding steroid dienone is 4. The standard InChI is InChI=1S/C27H35ClN6/c1-7-17(3)27(31-24(29)15-18(4)30-5)32-26-19(8-2)13-14-22-25(26)23(34(6)33-22)16-20-11-9-10-12-21(20)28/h8-12,15,30H,7,13-14,16H2,1-6H3,(H2,29,31)/b18-15-,19-8-,27-17+,32-26+. The average Bonchev–Trinajstić information content (AvgIpc) is 3.14. The van der Waals surface area contributed by atoms with Crippen LogP contribution in [0.3, 0.4) is 0 Å². The fourth-order valence-corrected chi connectivity index (χ4v) is 4.20. The Morgan fingerprint density at radius 2 is 2.00 bits per heavy atom. The summed E-state index contributed by atoms with van der Waals surface area (Å²) in [7, 11) is 3.84. The number of aromatic nitrogens is 2. The lowest BCUT2D eigenvalue weighted by molar-refractivity contribution is 0.706. The Hall–Kier alpha value is -3.12. The summed E-state index contributed by atoms with van der Waals surface area (Å²) in [5, 5.41) is 20.3. The zero-order chi connectivity index (χ0) is 24.8. The minimum atomic E-state index is 0.291. The molecular weight excluding hydrogens is 444 g/mol. The molecule has 7 heteroatoms. The minimum Gasteiger partial charge on any atom is -0.392 e. The number of halogens is 1. The second kappa shape index (κ2) is 11.3. The van der Waals surface area contributed by atoms with E-state index >= 15 is 0 Å². The highest BCUT2D eigenvalue weighted by molar-refractivity contribution is 6.31. The molecule has 0 radical (unpaired) electrons. The van der Waals surface area contributed by atoms with Gasteiger partial charge in [-0.3, -0.25) is 10.1 Å². The maximum Gasteiger partial charge on any atom is 0.131 e. The van der Waals surface area contributed by atoms with E-state index in [9.17, 15) is 0 Å². The third-order valence-electron chi connectivity index (χ3n) is 6.24. The molecule has 0 amide bonds. The highest BCUT2D eigenvalue weighted by Crippen LogP contribution is 2.31. The summed E-state index contributed by atoms with van der Waals surface area (Å²) in [5.41, 5.74) is 8.41. The van der Waals surface area contributed by atoms with E-state index in [0.717, 1.165) is 63.8 Å². The fraction of sp³-hybridized carbons (Fsp3) is 0.370. The van der Waals surface area contributed by atoms with Gasteiger partial charge in [0.2, 0.25) is 0 Å². The van der Waals surface area contributed by atoms with E-state index in [0.29, 0.717) is 18.1 Å². The van der Waals surface area contributed by atoms with Gasteiger partial charge < -0.3 is 10.6 Å². The molecule has 1 aliphatic carbocycles. The highest BCUT2D eigenvalue weighted by atomic mass is 35.5. The van der Waals surface area contributed by atoms with Gasteiger partial charge in [0.15, 0.2) is 0 Å². The summed E-state index contributed by atoms with van der Waals surface area (Å²) in [5.74, 6) is 1.00. The average molecular weight is 479 g/mol. The molecule has 0 unspecified atom stereocenters. The van der Waals surface area contributed by atoms with Gasteiger partial charge >= 0.3 is 0 Å². The van der Waals surface area contributed by atoms with E-state index in [2.05, 4.69) is 43.5 Å². The lowest BCUT2D eigenvalue weighted by Crippen LogP contribution is -2.24. The van der Waals surface area contributed by atoms with Crippen molar-refractivity contribution >= 4 is 23.1 Å². The Kier molecular flexibility index (Phi) is 8.51. The number of aliphatic imine (C=N–C) groups is 1. The van der Waals surface area contributed by atoms with Gasteiger partial charge in [-0.25, -0.2) is 4.99 Å². The minimum absolute atomic E-state index is 0.291. The van der Waals surface area contributed by atoms with Crippen molar-refractivity contribution in [2.24, 2.45) is 12.0 Å². The van der Waals surface area contributed by atoms with E-state index in [4.69, 9.17) is 27.1 Å². The first-order chi connectivity index (χ1) is 16.3. The monoisotopic (exact) mass is 478 g/mol. The summed E-state index contributed by atoms with van der Waals surface area (Å²) in [4.78, 5) is 5.15. The first-order valence-electron chi connectivity index (χ1n) is 11.7. The van der Waals surface area contributed by atoms with Gasteiger partial charge in [0.1, 0.15) is 11.7 Å². The molecular formula is C27H35ClN6. The first-order valence-corrected chi connectivity index (χ1v) is 12.1. The lowest BCUT2D eigenvalue weighted by Gasteiger charge is -2.20. The molecule has 1 aromatic heterocycles. The van der Waals surface area contributed by atoms with Crippen LogP contribution < -0.4 is 10.6 Å². The Morgan fingerprint density at radius 3 is 2.65 bits per heavy atom. The Labute approximate surface area is 208 Å². The highest BCUT2D eigenvalue weighted by Gasteiger charge is 2.28. The van der Waals surface area contributed by atoms with Gasteiger partial charge in [-0.1, -0.05) is 42.8 Å². The van der Waals surface area contributed by atoms with Crippen molar-refractivity contribution < 1.29 is 0 Å². The van der Waals surface area contributed by atoms with Crippen LogP contribution >= 0.6 is 11.6 Å². The molecule has 6 nitrogen and oxygen atoms in total. The van der Waals surface area contributed by atoms with Gasteiger partial charge in [0.25, 0.3) is 0 Å². The second-order valence-electron chi connectivity index (χ2n) is 8.53. The zero-order valence-electron chi connectivity index (χ0n) is 21.0. The van der Waals surface area contributed by atoms with Gasteiger partial charge in [0.05, 0.1) is 17.1 Å². The molecule has 180 valence electrons. The molecule has 3 N–H and O–H groups in total. The molecule has 0 bridgehead atoms. The van der Waals surface area contributed by atoms with Crippen LogP contribution in [-0.2, 0) is 19.9 Å². The molecule has 0 spiro atoms. The van der Waals surface area contributed by atoms with Gasteiger partial charge in [-0.05, 0) is 68.9 Å². The molecule has 0 saturated carbocycles. The Bertz CT molecular complexity index is 1200. The number of nitrogens with zero attached hydrogens (tertiary/aromatic N) is 3. The van der Waals surface area contributed by atoms with Crippen LogP contribution in [0.15, 0.2) is 64.1 Å². The van der Waals surface area contributed by atoms with Crippen molar-refractivity contribution in [2.45, 2.75) is 53.4 Å². The lowest BCUT2D eigenvalue weighted by atomic mass is 9.87. The summed E-state index contributed by atoms with van der Waals surface area (Å²) in [6, 6.07) is 7.94. The third-order valence-corrected chi connectivity index (χ3v) is 6.61. The SMILES string of the molecule is C/C=C1/CCc2nn(C)c(Cc3ccccc3Cl)c2/C1=N/C(NC(=N)/C=C(/C)NC)=C(\C)CC. The molecule has 2 aromatic rings. The van der Waals surface area contributed by atoms with Crippen molar-refractivity contribution in [2.75, 3.05) is 7.05 Å². The second-order valence-corrected chi connectivity index (χ2v) is 8.94. The van der Waals surface area contributed by atoms with Crippen molar-refractivity contribution in [3.05, 3.63) is 86.6 Å². The summed E-state index contributed by atoms with van der Waals surface area (Å²) < 4.78 is 1.96. The molecule has 1 heterocycles. The third kappa shape index (κ3) is 5.68. The van der Waals surface area contributed by atoms with Crippen molar-refractivity contribution in [1.29, 1.82) is 5.41 Å². The van der Waals surface area contributed by atoms with Crippen LogP contribution in [0, 0.1) is 5.41 Å². The first kappa shape index (κ1) is 25.5. The van der Waals surface area contributed by atoms with Gasteiger partial charge in [0, 0.05) is 36.8 Å².